The molecule has 0 fully saturated rings. The number of nitrogens with one attached hydrogen (secondary N) is 2. The molecule has 0 bridgehead atoms. The van der Waals surface area contributed by atoms with E-state index in [1.165, 1.54) is 6.07 Å². The van der Waals surface area contributed by atoms with Crippen molar-refractivity contribution in [2.75, 3.05) is 33.9 Å². The van der Waals surface area contributed by atoms with E-state index in [0.29, 0.717) is 32.3 Å². The Hall–Kier alpha value is -1.87. The van der Waals surface area contributed by atoms with Crippen LogP contribution in [0.4, 0.5) is 4.39 Å². The molecule has 0 saturated heterocycles. The van der Waals surface area contributed by atoms with Crippen LogP contribution in [0, 0.1) is 5.82 Å². The Bertz CT molecular complexity index is 728. The summed E-state index contributed by atoms with van der Waals surface area (Å²) in [5, 5.41) is 6.52. The number of aliphatic imine (C=N–C) groups is 1. The van der Waals surface area contributed by atoms with Crippen molar-refractivity contribution in [1.82, 2.24) is 10.6 Å². The van der Waals surface area contributed by atoms with Crippen molar-refractivity contribution < 1.29 is 13.9 Å². The standard InChI is InChI=1S/C21H28FN3O2.HI/c1-23-21(24-11-10-17-6-3-8-19(22)14-17)25-16-18-7-4-9-20(15-18)27-13-5-12-26-2;/h3-4,6-9,14-15H,5,10-13,16H2,1-2H3,(H2,23,24,25);1H. The molecule has 2 aromatic carbocycles. The maximum Gasteiger partial charge on any atom is 0.191 e. The number of guanidine groups is 1. The molecule has 0 radical (unpaired) electrons. The van der Waals surface area contributed by atoms with E-state index in [2.05, 4.69) is 15.6 Å². The Morgan fingerprint density at radius 3 is 2.57 bits per heavy atom. The van der Waals surface area contributed by atoms with Gasteiger partial charge in [0.05, 0.1) is 6.61 Å². The third-order valence-electron chi connectivity index (χ3n) is 3.94. The lowest BCUT2D eigenvalue weighted by Gasteiger charge is -2.13. The second-order valence-corrected chi connectivity index (χ2v) is 6.07. The van der Waals surface area contributed by atoms with Crippen molar-refractivity contribution in [2.45, 2.75) is 19.4 Å². The summed E-state index contributed by atoms with van der Waals surface area (Å²) in [6, 6.07) is 14.6. The molecule has 0 saturated carbocycles. The summed E-state index contributed by atoms with van der Waals surface area (Å²) in [5.41, 5.74) is 2.06. The molecule has 2 N–H and O–H groups in total. The predicted molar refractivity (Wildman–Crippen MR) is 122 cm³/mol. The first-order valence-corrected chi connectivity index (χ1v) is 9.11. The van der Waals surface area contributed by atoms with Crippen molar-refractivity contribution in [1.29, 1.82) is 0 Å². The van der Waals surface area contributed by atoms with Crippen LogP contribution < -0.4 is 15.4 Å². The topological polar surface area (TPSA) is 54.9 Å². The Morgan fingerprint density at radius 1 is 1.04 bits per heavy atom. The minimum atomic E-state index is -0.209. The van der Waals surface area contributed by atoms with E-state index in [9.17, 15) is 4.39 Å². The van der Waals surface area contributed by atoms with E-state index in [4.69, 9.17) is 9.47 Å². The van der Waals surface area contributed by atoms with Crippen LogP contribution in [0.15, 0.2) is 53.5 Å². The van der Waals surface area contributed by atoms with Gasteiger partial charge in [-0.25, -0.2) is 4.39 Å². The van der Waals surface area contributed by atoms with Gasteiger partial charge in [-0.05, 0) is 41.8 Å². The first kappa shape index (κ1) is 24.2. The van der Waals surface area contributed by atoms with Crippen LogP contribution in [0.3, 0.4) is 0 Å². The Morgan fingerprint density at radius 2 is 1.82 bits per heavy atom. The zero-order valence-corrected chi connectivity index (χ0v) is 18.7. The van der Waals surface area contributed by atoms with Crippen molar-refractivity contribution in [3.8, 4) is 5.75 Å². The van der Waals surface area contributed by atoms with E-state index in [0.717, 1.165) is 29.7 Å². The van der Waals surface area contributed by atoms with Crippen molar-refractivity contribution in [3.63, 3.8) is 0 Å². The van der Waals surface area contributed by atoms with Crippen molar-refractivity contribution >= 4 is 29.9 Å². The molecule has 5 nitrogen and oxygen atoms in total. The Balaban J connectivity index is 0.00000392. The molecule has 0 aliphatic rings. The molecule has 0 atom stereocenters. The summed E-state index contributed by atoms with van der Waals surface area (Å²) in [6.07, 6.45) is 1.59. The molecular formula is C21H29FIN3O2. The zero-order valence-electron chi connectivity index (χ0n) is 16.4. The van der Waals surface area contributed by atoms with Gasteiger partial charge in [0.2, 0.25) is 0 Å². The van der Waals surface area contributed by atoms with Crippen LogP contribution in [-0.4, -0.2) is 39.9 Å². The number of benzene rings is 2. The van der Waals surface area contributed by atoms with Crippen LogP contribution in [0.5, 0.6) is 5.75 Å². The molecule has 0 spiro atoms. The maximum atomic E-state index is 13.2. The van der Waals surface area contributed by atoms with Crippen LogP contribution in [0.2, 0.25) is 0 Å². The average molecular weight is 501 g/mol. The molecule has 0 aromatic heterocycles. The van der Waals surface area contributed by atoms with E-state index in [-0.39, 0.29) is 29.8 Å². The fourth-order valence-corrected chi connectivity index (χ4v) is 2.56. The molecule has 2 rings (SSSR count). The summed E-state index contributed by atoms with van der Waals surface area (Å²) in [4.78, 5) is 4.22. The fraction of sp³-hybridized carbons (Fsp3) is 0.381. The third-order valence-corrected chi connectivity index (χ3v) is 3.94. The summed E-state index contributed by atoms with van der Waals surface area (Å²) in [7, 11) is 3.41. The highest BCUT2D eigenvalue weighted by Crippen LogP contribution is 2.13. The van der Waals surface area contributed by atoms with Gasteiger partial charge in [-0.3, -0.25) is 4.99 Å². The molecule has 0 aliphatic heterocycles. The van der Waals surface area contributed by atoms with E-state index in [1.807, 2.05) is 30.3 Å². The van der Waals surface area contributed by atoms with Gasteiger partial charge < -0.3 is 20.1 Å². The SMILES string of the molecule is CN=C(NCCc1cccc(F)c1)NCc1cccc(OCCCOC)c1.I. The molecule has 154 valence electrons. The van der Waals surface area contributed by atoms with Crippen LogP contribution in [-0.2, 0) is 17.7 Å². The van der Waals surface area contributed by atoms with Crippen molar-refractivity contribution in [3.05, 3.63) is 65.5 Å². The highest BCUT2D eigenvalue weighted by atomic mass is 127. The van der Waals surface area contributed by atoms with Crippen LogP contribution >= 0.6 is 24.0 Å². The first-order chi connectivity index (χ1) is 13.2. The lowest BCUT2D eigenvalue weighted by atomic mass is 10.1. The monoisotopic (exact) mass is 501 g/mol. The molecule has 0 aliphatic carbocycles. The minimum Gasteiger partial charge on any atom is -0.493 e. The van der Waals surface area contributed by atoms with Gasteiger partial charge in [0.15, 0.2) is 5.96 Å². The molecule has 7 heteroatoms. The largest absolute Gasteiger partial charge is 0.493 e. The van der Waals surface area contributed by atoms with Gasteiger partial charge in [-0.2, -0.15) is 0 Å². The molecule has 0 heterocycles. The van der Waals surface area contributed by atoms with E-state index < -0.39 is 0 Å². The second-order valence-electron chi connectivity index (χ2n) is 6.07. The zero-order chi connectivity index (χ0) is 19.3. The number of nitrogens with zero attached hydrogens (tertiary/aromatic N) is 1. The lowest BCUT2D eigenvalue weighted by molar-refractivity contribution is 0.172. The smallest absolute Gasteiger partial charge is 0.191 e. The van der Waals surface area contributed by atoms with Crippen LogP contribution in [0.1, 0.15) is 17.5 Å². The first-order valence-electron chi connectivity index (χ1n) is 9.11. The maximum absolute atomic E-state index is 13.2. The average Bonchev–Trinajstić information content (AvgIpc) is 2.68. The number of halogens is 2. The van der Waals surface area contributed by atoms with Crippen molar-refractivity contribution in [2.24, 2.45) is 4.99 Å². The summed E-state index contributed by atoms with van der Waals surface area (Å²) in [6.45, 7) is 2.63. The van der Waals surface area contributed by atoms with Gasteiger partial charge in [-0.15, -0.1) is 24.0 Å². The number of methoxy groups -OCH3 is 1. The summed E-state index contributed by atoms with van der Waals surface area (Å²) < 4.78 is 23.9. The Labute approximate surface area is 183 Å². The number of ether oxygens (including phenoxy) is 2. The van der Waals surface area contributed by atoms with Gasteiger partial charge >= 0.3 is 0 Å². The lowest BCUT2D eigenvalue weighted by Crippen LogP contribution is -2.37. The predicted octanol–water partition coefficient (Wildman–Crippen LogP) is 3.77. The molecular weight excluding hydrogens is 472 g/mol. The third kappa shape index (κ3) is 9.36. The van der Waals surface area contributed by atoms with Gasteiger partial charge in [0.1, 0.15) is 11.6 Å². The summed E-state index contributed by atoms with van der Waals surface area (Å²) in [5.74, 6) is 1.34. The number of hydrogen-bond acceptors (Lipinski definition) is 3. The molecule has 2 aromatic rings. The minimum absolute atomic E-state index is 0. The number of hydrogen-bond donors (Lipinski definition) is 2. The van der Waals surface area contributed by atoms with Gasteiger partial charge in [0, 0.05) is 40.3 Å². The number of rotatable bonds is 10. The second kappa shape index (κ2) is 14.2. The quantitative estimate of drug-likeness (QED) is 0.225. The highest BCUT2D eigenvalue weighted by molar-refractivity contribution is 14.0. The molecule has 0 unspecified atom stereocenters. The Kier molecular flexibility index (Phi) is 12.2. The van der Waals surface area contributed by atoms with E-state index in [1.54, 1.807) is 26.3 Å². The molecule has 28 heavy (non-hydrogen) atoms. The van der Waals surface area contributed by atoms with Gasteiger partial charge in [-0.1, -0.05) is 24.3 Å². The summed E-state index contributed by atoms with van der Waals surface area (Å²) >= 11 is 0. The highest BCUT2D eigenvalue weighted by Gasteiger charge is 2.01. The molecule has 0 amide bonds. The normalized spacial score (nSPS) is 10.9. The van der Waals surface area contributed by atoms with Crippen LogP contribution in [0.25, 0.3) is 0 Å². The van der Waals surface area contributed by atoms with E-state index >= 15 is 0 Å². The fourth-order valence-electron chi connectivity index (χ4n) is 2.56. The van der Waals surface area contributed by atoms with Gasteiger partial charge in [0.25, 0.3) is 0 Å².